The molecule has 18 heavy (non-hydrogen) atoms. The molecule has 0 aliphatic heterocycles. The standard InChI is InChI=1S/C16H20O2/c1-11(2)5-7-13-9-15(17)10-14(16(13)18)8-6-12(3)4/h5-6,9-10H,7-8H2,1-4H3. The predicted octanol–water partition coefficient (Wildman–Crippen LogP) is 3.70. The van der Waals surface area contributed by atoms with Crippen molar-refractivity contribution in [2.75, 3.05) is 0 Å². The molecule has 0 aromatic carbocycles. The van der Waals surface area contributed by atoms with Crippen molar-refractivity contribution in [2.45, 2.75) is 40.5 Å². The lowest BCUT2D eigenvalue weighted by Gasteiger charge is -2.11. The quantitative estimate of drug-likeness (QED) is 0.558. The van der Waals surface area contributed by atoms with E-state index in [2.05, 4.69) is 0 Å². The van der Waals surface area contributed by atoms with E-state index in [1.165, 1.54) is 12.2 Å². The van der Waals surface area contributed by atoms with Crippen LogP contribution < -0.4 is 0 Å². The van der Waals surface area contributed by atoms with Crippen molar-refractivity contribution in [3.63, 3.8) is 0 Å². The van der Waals surface area contributed by atoms with E-state index in [0.717, 1.165) is 11.1 Å². The van der Waals surface area contributed by atoms with E-state index in [0.29, 0.717) is 24.0 Å². The van der Waals surface area contributed by atoms with Crippen molar-refractivity contribution < 1.29 is 9.59 Å². The zero-order chi connectivity index (χ0) is 13.7. The SMILES string of the molecule is CC(C)=CCC1=CC(=O)C=C(CC=C(C)C)C1=O. The first-order chi connectivity index (χ1) is 8.40. The van der Waals surface area contributed by atoms with Gasteiger partial charge < -0.3 is 0 Å². The summed E-state index contributed by atoms with van der Waals surface area (Å²) in [7, 11) is 0. The second-order valence-electron chi connectivity index (χ2n) is 5.04. The van der Waals surface area contributed by atoms with Crippen molar-refractivity contribution in [1.29, 1.82) is 0 Å². The maximum Gasteiger partial charge on any atom is 0.185 e. The van der Waals surface area contributed by atoms with E-state index in [-0.39, 0.29) is 11.6 Å². The van der Waals surface area contributed by atoms with Gasteiger partial charge in [-0.15, -0.1) is 0 Å². The van der Waals surface area contributed by atoms with Gasteiger partial charge in [0.15, 0.2) is 11.6 Å². The molecule has 2 nitrogen and oxygen atoms in total. The zero-order valence-corrected chi connectivity index (χ0v) is 11.5. The summed E-state index contributed by atoms with van der Waals surface area (Å²) in [4.78, 5) is 23.7. The van der Waals surface area contributed by atoms with Gasteiger partial charge in [-0.3, -0.25) is 9.59 Å². The third-order valence-electron chi connectivity index (χ3n) is 2.68. The van der Waals surface area contributed by atoms with E-state index in [4.69, 9.17) is 0 Å². The molecule has 96 valence electrons. The van der Waals surface area contributed by atoms with E-state index in [1.807, 2.05) is 39.8 Å². The number of hydrogen-bond acceptors (Lipinski definition) is 2. The monoisotopic (exact) mass is 244 g/mol. The van der Waals surface area contributed by atoms with Crippen molar-refractivity contribution in [3.05, 3.63) is 46.6 Å². The van der Waals surface area contributed by atoms with Crippen molar-refractivity contribution in [1.82, 2.24) is 0 Å². The molecule has 1 aliphatic carbocycles. The summed E-state index contributed by atoms with van der Waals surface area (Å²) < 4.78 is 0. The fourth-order valence-corrected chi connectivity index (χ4v) is 1.65. The van der Waals surface area contributed by atoms with Gasteiger partial charge in [0.25, 0.3) is 0 Å². The smallest absolute Gasteiger partial charge is 0.185 e. The number of hydrogen-bond donors (Lipinski definition) is 0. The summed E-state index contributed by atoms with van der Waals surface area (Å²) in [5.74, 6) is -0.0755. The van der Waals surface area contributed by atoms with Crippen molar-refractivity contribution in [3.8, 4) is 0 Å². The van der Waals surface area contributed by atoms with Crippen LogP contribution in [0.2, 0.25) is 0 Å². The molecule has 0 unspecified atom stereocenters. The minimum atomic E-state index is -0.0797. The lowest BCUT2D eigenvalue weighted by molar-refractivity contribution is -0.115. The summed E-state index contributed by atoms with van der Waals surface area (Å²) in [5, 5.41) is 0. The Balaban J connectivity index is 2.86. The Bertz CT molecular complexity index is 435. The van der Waals surface area contributed by atoms with Crippen LogP contribution in [0.3, 0.4) is 0 Å². The highest BCUT2D eigenvalue weighted by atomic mass is 16.1. The molecule has 0 atom stereocenters. The minimum absolute atomic E-state index is 0.00426. The first kappa shape index (κ1) is 14.4. The van der Waals surface area contributed by atoms with Crippen LogP contribution >= 0.6 is 0 Å². The van der Waals surface area contributed by atoms with E-state index in [9.17, 15) is 9.59 Å². The van der Waals surface area contributed by atoms with Gasteiger partial charge in [0.1, 0.15) is 0 Å². The van der Waals surface area contributed by atoms with Gasteiger partial charge in [0, 0.05) is 11.1 Å². The second-order valence-corrected chi connectivity index (χ2v) is 5.04. The van der Waals surface area contributed by atoms with Gasteiger partial charge >= 0.3 is 0 Å². The van der Waals surface area contributed by atoms with Gasteiger partial charge in [-0.25, -0.2) is 0 Å². The summed E-state index contributed by atoms with van der Waals surface area (Å²) >= 11 is 0. The van der Waals surface area contributed by atoms with Crippen LogP contribution in [0.5, 0.6) is 0 Å². The highest BCUT2D eigenvalue weighted by Crippen LogP contribution is 2.20. The van der Waals surface area contributed by atoms with Crippen molar-refractivity contribution in [2.24, 2.45) is 0 Å². The largest absolute Gasteiger partial charge is 0.290 e. The molecule has 0 aromatic heterocycles. The Morgan fingerprint density at radius 1 is 0.889 bits per heavy atom. The summed E-state index contributed by atoms with van der Waals surface area (Å²) in [5.41, 5.74) is 3.50. The summed E-state index contributed by atoms with van der Waals surface area (Å²) in [6.07, 6.45) is 7.93. The van der Waals surface area contributed by atoms with Gasteiger partial charge in [0.2, 0.25) is 0 Å². The molecule has 0 saturated heterocycles. The third kappa shape index (κ3) is 4.28. The molecule has 0 bridgehead atoms. The molecule has 0 fully saturated rings. The Hall–Kier alpha value is -1.70. The van der Waals surface area contributed by atoms with Crippen LogP contribution in [0.15, 0.2) is 46.6 Å². The lowest BCUT2D eigenvalue weighted by atomic mass is 9.91. The molecule has 0 heterocycles. The average Bonchev–Trinajstić information content (AvgIpc) is 2.27. The lowest BCUT2D eigenvalue weighted by Crippen LogP contribution is -2.13. The molecule has 0 aromatic rings. The van der Waals surface area contributed by atoms with Crippen LogP contribution in [0.25, 0.3) is 0 Å². The van der Waals surface area contributed by atoms with Crippen LogP contribution in [0, 0.1) is 0 Å². The fourth-order valence-electron chi connectivity index (χ4n) is 1.65. The zero-order valence-electron chi connectivity index (χ0n) is 11.5. The molecular formula is C16H20O2. The number of Topliss-reactive ketones (excluding diaryl/α,β-unsaturated/α-hetero) is 1. The van der Waals surface area contributed by atoms with Crippen molar-refractivity contribution >= 4 is 11.6 Å². The Morgan fingerprint density at radius 2 is 1.28 bits per heavy atom. The predicted molar refractivity (Wildman–Crippen MR) is 74.3 cm³/mol. The van der Waals surface area contributed by atoms with E-state index in [1.54, 1.807) is 0 Å². The molecule has 0 spiro atoms. The van der Waals surface area contributed by atoms with E-state index < -0.39 is 0 Å². The molecule has 2 heteroatoms. The summed E-state index contributed by atoms with van der Waals surface area (Å²) in [6.45, 7) is 7.93. The molecule has 0 radical (unpaired) electrons. The minimum Gasteiger partial charge on any atom is -0.290 e. The number of allylic oxidation sites excluding steroid dienone is 8. The normalized spacial score (nSPS) is 14.9. The first-order valence-electron chi connectivity index (χ1n) is 6.16. The number of carbonyl (C=O) groups excluding carboxylic acids is 2. The number of ketones is 2. The molecule has 0 amide bonds. The average molecular weight is 244 g/mol. The molecular weight excluding hydrogens is 224 g/mol. The van der Waals surface area contributed by atoms with Crippen LogP contribution in [0.4, 0.5) is 0 Å². The maximum absolute atomic E-state index is 12.1. The highest BCUT2D eigenvalue weighted by Gasteiger charge is 2.19. The topological polar surface area (TPSA) is 34.1 Å². The number of rotatable bonds is 4. The van der Waals surface area contributed by atoms with Gasteiger partial charge in [0.05, 0.1) is 0 Å². The molecule has 1 rings (SSSR count). The molecule has 1 aliphatic rings. The van der Waals surface area contributed by atoms with Gasteiger partial charge in [-0.2, -0.15) is 0 Å². The Morgan fingerprint density at radius 3 is 1.61 bits per heavy atom. The van der Waals surface area contributed by atoms with E-state index >= 15 is 0 Å². The molecule has 0 N–H and O–H groups in total. The Labute approximate surface area is 109 Å². The van der Waals surface area contributed by atoms with Gasteiger partial charge in [-0.05, 0) is 52.7 Å². The third-order valence-corrected chi connectivity index (χ3v) is 2.68. The Kier molecular flexibility index (Phi) is 5.02. The fraction of sp³-hybridized carbons (Fsp3) is 0.375. The van der Waals surface area contributed by atoms with Crippen LogP contribution in [-0.4, -0.2) is 11.6 Å². The maximum atomic E-state index is 12.1. The summed E-state index contributed by atoms with van der Waals surface area (Å²) in [6, 6.07) is 0. The highest BCUT2D eigenvalue weighted by molar-refractivity contribution is 6.20. The van der Waals surface area contributed by atoms with Crippen LogP contribution in [-0.2, 0) is 9.59 Å². The van der Waals surface area contributed by atoms with Gasteiger partial charge in [-0.1, -0.05) is 23.3 Å². The van der Waals surface area contributed by atoms with Crippen LogP contribution in [0.1, 0.15) is 40.5 Å². The number of carbonyl (C=O) groups is 2. The molecule has 0 saturated carbocycles. The first-order valence-corrected chi connectivity index (χ1v) is 6.16. The second kappa shape index (κ2) is 6.29.